The lowest BCUT2D eigenvalue weighted by Gasteiger charge is -2.15. The van der Waals surface area contributed by atoms with E-state index < -0.39 is 0 Å². The van der Waals surface area contributed by atoms with Crippen molar-refractivity contribution in [2.45, 2.75) is 45.1 Å². The minimum absolute atomic E-state index is 0.315. The van der Waals surface area contributed by atoms with E-state index in [1.807, 2.05) is 48.8 Å². The highest BCUT2D eigenvalue weighted by atomic mass is 19.1. The van der Waals surface area contributed by atoms with Gasteiger partial charge in [0.05, 0.1) is 16.9 Å². The molecule has 9 heteroatoms. The first-order valence-electron chi connectivity index (χ1n) is 16.9. The molecule has 1 saturated heterocycles. The Bertz CT molecular complexity index is 2000. The van der Waals surface area contributed by atoms with Gasteiger partial charge in [0.25, 0.3) is 0 Å². The van der Waals surface area contributed by atoms with Crippen LogP contribution in [0.1, 0.15) is 44.1 Å². The van der Waals surface area contributed by atoms with E-state index in [0.717, 1.165) is 99.9 Å². The third-order valence-electron chi connectivity index (χ3n) is 9.71. The fourth-order valence-electron chi connectivity index (χ4n) is 7.24. The summed E-state index contributed by atoms with van der Waals surface area (Å²) in [6, 6.07) is 19.3. The summed E-state index contributed by atoms with van der Waals surface area (Å²) in [4.78, 5) is 15.5. The summed E-state index contributed by atoms with van der Waals surface area (Å²) in [6.07, 6.45) is 11.7. The molecule has 2 aliphatic rings. The maximum atomic E-state index is 14.8. The van der Waals surface area contributed by atoms with Gasteiger partial charge in [0.2, 0.25) is 0 Å². The molecule has 1 aliphatic heterocycles. The Balaban J connectivity index is 1.05. The summed E-state index contributed by atoms with van der Waals surface area (Å²) in [5.74, 6) is 1.03. The molecule has 3 N–H and O–H groups in total. The van der Waals surface area contributed by atoms with Gasteiger partial charge in [0.1, 0.15) is 29.4 Å². The van der Waals surface area contributed by atoms with Crippen molar-refractivity contribution < 1.29 is 9.13 Å². The predicted molar refractivity (Wildman–Crippen MR) is 185 cm³/mol. The summed E-state index contributed by atoms with van der Waals surface area (Å²) in [5.41, 5.74) is 8.80. The number of nitrogens with one attached hydrogen (secondary N) is 3. The van der Waals surface area contributed by atoms with Gasteiger partial charge in [0.15, 0.2) is 0 Å². The van der Waals surface area contributed by atoms with Gasteiger partial charge in [-0.2, -0.15) is 5.10 Å². The zero-order valence-electron chi connectivity index (χ0n) is 26.6. The maximum Gasteiger partial charge on any atom is 0.135 e. The topological polar surface area (TPSA) is 94.8 Å². The Hall–Kier alpha value is -4.60. The van der Waals surface area contributed by atoms with E-state index in [9.17, 15) is 4.39 Å². The van der Waals surface area contributed by atoms with Crippen LogP contribution in [0.25, 0.3) is 55.7 Å². The lowest BCUT2D eigenvalue weighted by molar-refractivity contribution is 0.237. The quantitative estimate of drug-likeness (QED) is 0.136. The number of H-pyrrole nitrogens is 2. The number of rotatable bonds is 11. The molecule has 0 unspecified atom stereocenters. The van der Waals surface area contributed by atoms with E-state index in [1.165, 1.54) is 44.6 Å². The van der Waals surface area contributed by atoms with Gasteiger partial charge >= 0.3 is 0 Å². The van der Waals surface area contributed by atoms with E-state index >= 15 is 0 Å². The molecule has 0 spiro atoms. The Kier molecular flexibility index (Phi) is 8.40. The third kappa shape index (κ3) is 6.50. The molecule has 2 aromatic carbocycles. The zero-order valence-corrected chi connectivity index (χ0v) is 26.6. The summed E-state index contributed by atoms with van der Waals surface area (Å²) >= 11 is 0. The molecule has 47 heavy (non-hydrogen) atoms. The van der Waals surface area contributed by atoms with Crippen molar-refractivity contribution in [2.75, 3.05) is 32.8 Å². The van der Waals surface area contributed by atoms with Gasteiger partial charge in [-0.25, -0.2) is 9.37 Å². The van der Waals surface area contributed by atoms with Crippen molar-refractivity contribution in [2.24, 2.45) is 5.92 Å². The van der Waals surface area contributed by atoms with Crippen molar-refractivity contribution in [3.63, 3.8) is 0 Å². The molecule has 4 aromatic heterocycles. The highest BCUT2D eigenvalue weighted by Gasteiger charge is 2.18. The van der Waals surface area contributed by atoms with Crippen LogP contribution in [-0.2, 0) is 6.54 Å². The Morgan fingerprint density at radius 2 is 1.81 bits per heavy atom. The molecule has 240 valence electrons. The minimum atomic E-state index is -0.315. The average Bonchev–Trinajstić information content (AvgIpc) is 3.91. The standard InChI is InChI=1S/C38H40FN7O/c39-29-17-27(18-30(19-29)47-15-14-46-12-3-4-13-46)31-8-5-9-34-32(31)20-36(42-34)38-37-35(44-45-38)11-10-33(43-37)28-16-26(23-41-24-28)22-40-21-25-6-1-2-7-25/h5,8-11,16-20,23-25,40,42H,1-4,6-7,12-15,21-22H2,(H,44,45). The normalized spacial score (nSPS) is 15.8. The number of nitrogens with zero attached hydrogens (tertiary/aromatic N) is 4. The van der Waals surface area contributed by atoms with Crippen LogP contribution in [0.15, 0.2) is 73.1 Å². The Morgan fingerprint density at radius 1 is 0.915 bits per heavy atom. The fourth-order valence-corrected chi connectivity index (χ4v) is 7.24. The monoisotopic (exact) mass is 629 g/mol. The summed E-state index contributed by atoms with van der Waals surface area (Å²) in [7, 11) is 0. The molecule has 0 amide bonds. The smallest absolute Gasteiger partial charge is 0.135 e. The number of fused-ring (bicyclic) bond motifs is 2. The molecule has 5 heterocycles. The summed E-state index contributed by atoms with van der Waals surface area (Å²) in [6.45, 7) is 5.48. The van der Waals surface area contributed by atoms with Gasteiger partial charge in [-0.1, -0.05) is 25.0 Å². The molecule has 0 radical (unpaired) electrons. The van der Waals surface area contributed by atoms with Crippen LogP contribution >= 0.6 is 0 Å². The highest BCUT2D eigenvalue weighted by Crippen LogP contribution is 2.36. The predicted octanol–water partition coefficient (Wildman–Crippen LogP) is 7.73. The summed E-state index contributed by atoms with van der Waals surface area (Å²) < 4.78 is 20.9. The van der Waals surface area contributed by atoms with Crippen molar-refractivity contribution in [1.29, 1.82) is 0 Å². The van der Waals surface area contributed by atoms with Crippen molar-refractivity contribution in [3.05, 3.63) is 84.4 Å². The van der Waals surface area contributed by atoms with Gasteiger partial charge in [-0.3, -0.25) is 15.0 Å². The third-order valence-corrected chi connectivity index (χ3v) is 9.71. The van der Waals surface area contributed by atoms with Gasteiger partial charge in [0, 0.05) is 48.0 Å². The number of halogens is 1. The number of aromatic nitrogens is 5. The van der Waals surface area contributed by atoms with Gasteiger partial charge in [-0.15, -0.1) is 0 Å². The number of benzene rings is 2. The van der Waals surface area contributed by atoms with Crippen LogP contribution in [0.3, 0.4) is 0 Å². The van der Waals surface area contributed by atoms with Gasteiger partial charge < -0.3 is 15.0 Å². The maximum absolute atomic E-state index is 14.8. The zero-order chi connectivity index (χ0) is 31.6. The van der Waals surface area contributed by atoms with Gasteiger partial charge in [-0.05, 0) is 110 Å². The molecular weight excluding hydrogens is 589 g/mol. The SMILES string of the molecule is Fc1cc(OCCN2CCCC2)cc(-c2cccc3[nH]c(-c4n[nH]c5ccc(-c6cncc(CNCC7CCCC7)c6)nc45)cc23)c1. The second-order valence-corrected chi connectivity index (χ2v) is 13.1. The molecule has 2 fully saturated rings. The molecule has 0 bridgehead atoms. The van der Waals surface area contributed by atoms with Crippen molar-refractivity contribution in [3.8, 4) is 39.5 Å². The number of ether oxygens (including phenoxy) is 1. The lowest BCUT2D eigenvalue weighted by atomic mass is 10.0. The largest absolute Gasteiger partial charge is 0.492 e. The van der Waals surface area contributed by atoms with E-state index in [0.29, 0.717) is 12.4 Å². The van der Waals surface area contributed by atoms with E-state index in [1.54, 1.807) is 6.07 Å². The first-order valence-corrected chi connectivity index (χ1v) is 16.9. The van der Waals surface area contributed by atoms with Crippen LogP contribution in [0.2, 0.25) is 0 Å². The van der Waals surface area contributed by atoms with Crippen LogP contribution in [0.4, 0.5) is 4.39 Å². The number of hydrogen-bond acceptors (Lipinski definition) is 6. The van der Waals surface area contributed by atoms with E-state index in [4.69, 9.17) is 9.72 Å². The molecule has 0 atom stereocenters. The Morgan fingerprint density at radius 3 is 2.70 bits per heavy atom. The van der Waals surface area contributed by atoms with Crippen LogP contribution in [0.5, 0.6) is 5.75 Å². The molecule has 8 rings (SSSR count). The molecule has 1 saturated carbocycles. The average molecular weight is 630 g/mol. The van der Waals surface area contributed by atoms with Crippen molar-refractivity contribution >= 4 is 21.9 Å². The number of likely N-dealkylation sites (tertiary alicyclic amines) is 1. The Labute approximate surface area is 273 Å². The fraction of sp³-hybridized carbons (Fsp3) is 0.342. The minimum Gasteiger partial charge on any atom is -0.492 e. The van der Waals surface area contributed by atoms with Crippen LogP contribution in [0, 0.1) is 11.7 Å². The highest BCUT2D eigenvalue weighted by molar-refractivity contribution is 6.00. The molecular formula is C38H40FN7O. The molecule has 1 aliphatic carbocycles. The number of hydrogen-bond donors (Lipinski definition) is 3. The molecule has 8 nitrogen and oxygen atoms in total. The first kappa shape index (κ1) is 29.8. The van der Waals surface area contributed by atoms with E-state index in [-0.39, 0.29) is 5.82 Å². The van der Waals surface area contributed by atoms with Crippen molar-refractivity contribution in [1.82, 2.24) is 35.4 Å². The molecule has 6 aromatic rings. The number of pyridine rings is 2. The first-order chi connectivity index (χ1) is 23.2. The van der Waals surface area contributed by atoms with Crippen LogP contribution < -0.4 is 10.1 Å². The lowest BCUT2D eigenvalue weighted by Crippen LogP contribution is -2.25. The number of aromatic amines is 2. The van der Waals surface area contributed by atoms with Crippen LogP contribution in [-0.4, -0.2) is 62.8 Å². The van der Waals surface area contributed by atoms with E-state index in [2.05, 4.69) is 42.5 Å². The summed E-state index contributed by atoms with van der Waals surface area (Å²) in [5, 5.41) is 12.4. The second kappa shape index (κ2) is 13.3. The second-order valence-electron chi connectivity index (χ2n) is 13.1.